The molecule has 2 aliphatic carbocycles. The van der Waals surface area contributed by atoms with Crippen molar-refractivity contribution in [2.24, 2.45) is 0 Å². The van der Waals surface area contributed by atoms with Crippen LogP contribution in [-0.2, 0) is 23.2 Å². The van der Waals surface area contributed by atoms with Gasteiger partial charge in [-0.3, -0.25) is 0 Å². The molecule has 15 heavy (non-hydrogen) atoms. The molecule has 0 aliphatic heterocycles. The maximum atomic E-state index is 2.46. The predicted molar refractivity (Wildman–Crippen MR) is 62.5 cm³/mol. The van der Waals surface area contributed by atoms with Crippen LogP contribution in [0.15, 0.2) is 47.6 Å². The molecule has 0 saturated carbocycles. The quantitative estimate of drug-likeness (QED) is 0.699. The summed E-state index contributed by atoms with van der Waals surface area (Å²) < 4.78 is 0.829. The van der Waals surface area contributed by atoms with Crippen LogP contribution in [0.4, 0.5) is 0 Å². The van der Waals surface area contributed by atoms with Crippen molar-refractivity contribution >= 4 is 0 Å². The van der Waals surface area contributed by atoms with Crippen molar-refractivity contribution < 1.29 is 23.2 Å². The molecule has 0 saturated heterocycles. The molecule has 0 nitrogen and oxygen atoms in total. The fraction of sp³-hybridized carbons (Fsp3) is 0.429. The van der Waals surface area contributed by atoms with E-state index in [0.29, 0.717) is 6.25 Å². The van der Waals surface area contributed by atoms with E-state index in [-0.39, 0.29) is 0 Å². The summed E-state index contributed by atoms with van der Waals surface area (Å²) in [6.07, 6.45) is 14.1. The molecule has 0 amide bonds. The summed E-state index contributed by atoms with van der Waals surface area (Å²) in [5, 5.41) is 0. The van der Waals surface area contributed by atoms with Gasteiger partial charge in [0.15, 0.2) is 0 Å². The molecule has 0 aromatic rings. The first-order valence-corrected chi connectivity index (χ1v) is 7.94. The first-order chi connectivity index (χ1) is 6.94. The second-order valence-electron chi connectivity index (χ2n) is 5.04. The van der Waals surface area contributed by atoms with E-state index in [1.54, 1.807) is 5.57 Å². The van der Waals surface area contributed by atoms with E-state index in [4.69, 9.17) is 0 Å². The zero-order chi connectivity index (χ0) is 11.1. The molecular weight excluding hydrogens is 259 g/mol. The molecule has 2 atom stereocenters. The Morgan fingerprint density at radius 2 is 1.87 bits per heavy atom. The van der Waals surface area contributed by atoms with Gasteiger partial charge in [-0.15, -0.1) is 0 Å². The molecule has 0 heterocycles. The Bertz CT molecular complexity index is 398. The van der Waals surface area contributed by atoms with Crippen molar-refractivity contribution in [3.63, 3.8) is 0 Å². The number of hydrogen-bond acceptors (Lipinski definition) is 0. The summed E-state index contributed by atoms with van der Waals surface area (Å²) in [6.45, 7) is 9.29. The van der Waals surface area contributed by atoms with Crippen molar-refractivity contribution in [2.75, 3.05) is 0 Å². The summed E-state index contributed by atoms with van der Waals surface area (Å²) in [6, 6.07) is 0. The van der Waals surface area contributed by atoms with Crippen LogP contribution in [-0.4, -0.2) is 0 Å². The Hall–Kier alpha value is -0.157. The second kappa shape index (κ2) is 3.70. The summed E-state index contributed by atoms with van der Waals surface area (Å²) >= 11 is -0.540. The molecule has 1 heteroatoms. The number of hydrogen-bond donors (Lipinski definition) is 0. The zero-order valence-electron chi connectivity index (χ0n) is 9.96. The van der Waals surface area contributed by atoms with Crippen molar-refractivity contribution in [1.29, 1.82) is 0 Å². The van der Waals surface area contributed by atoms with Gasteiger partial charge in [-0.05, 0) is 0 Å². The van der Waals surface area contributed by atoms with E-state index in [9.17, 15) is 0 Å². The average Bonchev–Trinajstić information content (AvgIpc) is 2.59. The second-order valence-corrected chi connectivity index (χ2v) is 10.9. The number of allylic oxidation sites excluding steroid dienone is 8. The van der Waals surface area contributed by atoms with Crippen molar-refractivity contribution in [1.82, 2.24) is 0 Å². The summed E-state index contributed by atoms with van der Waals surface area (Å²) in [5.74, 6) is 0. The molecule has 0 radical (unpaired) electrons. The monoisotopic (exact) mass is 276 g/mol. The molecule has 0 fully saturated rings. The SMILES string of the molecule is CC1=C[C](C)([Zr][C]2(C)C=CC=C2C)C=C1. The third-order valence-corrected chi connectivity index (χ3v) is 8.09. The Balaban J connectivity index is 2.20. The van der Waals surface area contributed by atoms with Gasteiger partial charge in [0.2, 0.25) is 0 Å². The van der Waals surface area contributed by atoms with Gasteiger partial charge in [0.05, 0.1) is 0 Å². The van der Waals surface area contributed by atoms with E-state index in [1.165, 1.54) is 5.57 Å². The van der Waals surface area contributed by atoms with Crippen LogP contribution in [0.25, 0.3) is 0 Å². The predicted octanol–water partition coefficient (Wildman–Crippen LogP) is 4.46. The Morgan fingerprint density at radius 3 is 2.33 bits per heavy atom. The van der Waals surface area contributed by atoms with Crippen molar-refractivity contribution in [2.45, 2.75) is 33.9 Å². The van der Waals surface area contributed by atoms with Crippen LogP contribution in [0.1, 0.15) is 27.7 Å². The van der Waals surface area contributed by atoms with Crippen molar-refractivity contribution in [3.8, 4) is 0 Å². The summed E-state index contributed by atoms with van der Waals surface area (Å²) in [4.78, 5) is 0. The van der Waals surface area contributed by atoms with Gasteiger partial charge in [-0.2, -0.15) is 0 Å². The minimum absolute atomic E-state index is 0.409. The van der Waals surface area contributed by atoms with Crippen LogP contribution in [0.3, 0.4) is 0 Å². The molecule has 2 rings (SSSR count). The van der Waals surface area contributed by atoms with Gasteiger partial charge in [0, 0.05) is 0 Å². The van der Waals surface area contributed by atoms with Gasteiger partial charge in [0.1, 0.15) is 0 Å². The first kappa shape index (κ1) is 11.3. The van der Waals surface area contributed by atoms with E-state index in [2.05, 4.69) is 64.2 Å². The molecule has 2 aliphatic rings. The maximum absolute atomic E-state index is 2.46. The molecule has 2 unspecified atom stereocenters. The van der Waals surface area contributed by atoms with Gasteiger partial charge >= 0.3 is 105 Å². The molecule has 0 N–H and O–H groups in total. The van der Waals surface area contributed by atoms with Gasteiger partial charge in [-0.25, -0.2) is 0 Å². The minimum atomic E-state index is -0.540. The fourth-order valence-electron chi connectivity index (χ4n) is 2.34. The Kier molecular flexibility index (Phi) is 2.80. The fourth-order valence-corrected chi connectivity index (χ4v) is 7.37. The van der Waals surface area contributed by atoms with Gasteiger partial charge < -0.3 is 0 Å². The molecule has 0 aromatic carbocycles. The average molecular weight is 278 g/mol. The summed E-state index contributed by atoms with van der Waals surface area (Å²) in [5.41, 5.74) is 2.99. The van der Waals surface area contributed by atoms with Crippen LogP contribution in [0, 0.1) is 0 Å². The number of rotatable bonds is 2. The third kappa shape index (κ3) is 2.18. The topological polar surface area (TPSA) is 0 Å². The van der Waals surface area contributed by atoms with Crippen LogP contribution in [0.5, 0.6) is 0 Å². The van der Waals surface area contributed by atoms with Crippen LogP contribution < -0.4 is 0 Å². The summed E-state index contributed by atoms with van der Waals surface area (Å²) in [7, 11) is 0. The normalized spacial score (nSPS) is 38.1. The zero-order valence-corrected chi connectivity index (χ0v) is 12.4. The third-order valence-electron chi connectivity index (χ3n) is 3.34. The van der Waals surface area contributed by atoms with Gasteiger partial charge in [-0.1, -0.05) is 0 Å². The molecule has 0 aromatic heterocycles. The molecule has 0 spiro atoms. The van der Waals surface area contributed by atoms with E-state index in [1.807, 2.05) is 0 Å². The first-order valence-electron chi connectivity index (χ1n) is 5.48. The molecule has 0 bridgehead atoms. The van der Waals surface area contributed by atoms with E-state index >= 15 is 0 Å². The van der Waals surface area contributed by atoms with Crippen LogP contribution in [0.2, 0.25) is 6.25 Å². The Morgan fingerprint density at radius 1 is 1.13 bits per heavy atom. The Labute approximate surface area is 104 Å². The standard InChI is InChI=1S/2C7H9.Zr/c1-6-3-4-7(2)5-6;1-6-4-3-5-7(6)2;/h2*3-5H,1-2H3;. The van der Waals surface area contributed by atoms with Gasteiger partial charge in [0.25, 0.3) is 0 Å². The van der Waals surface area contributed by atoms with E-state index < -0.39 is 23.2 Å². The van der Waals surface area contributed by atoms with E-state index in [0.717, 1.165) is 0 Å². The van der Waals surface area contributed by atoms with Crippen LogP contribution >= 0.6 is 0 Å². The molecular formula is C14H18Zr. The molecule has 78 valence electrons. The van der Waals surface area contributed by atoms with Crippen molar-refractivity contribution in [3.05, 3.63) is 47.6 Å².